The van der Waals surface area contributed by atoms with Crippen LogP contribution in [0.2, 0.25) is 0 Å². The van der Waals surface area contributed by atoms with Crippen molar-refractivity contribution < 1.29 is 0 Å². The van der Waals surface area contributed by atoms with Crippen LogP contribution in [0.1, 0.15) is 24.4 Å². The van der Waals surface area contributed by atoms with E-state index in [1.807, 2.05) is 0 Å². The molecule has 0 aliphatic carbocycles. The quantitative estimate of drug-likeness (QED) is 0.829. The molecule has 16 heavy (non-hydrogen) atoms. The van der Waals surface area contributed by atoms with E-state index in [-0.39, 0.29) is 0 Å². The van der Waals surface area contributed by atoms with Gasteiger partial charge in [0, 0.05) is 10.5 Å². The highest BCUT2D eigenvalue weighted by Crippen LogP contribution is 2.27. The second kappa shape index (κ2) is 4.19. The molecule has 1 N–H and O–H groups in total. The van der Waals surface area contributed by atoms with E-state index in [9.17, 15) is 0 Å². The number of halogens is 1. The molecule has 2 aromatic carbocycles. The summed E-state index contributed by atoms with van der Waals surface area (Å²) in [5, 5.41) is 6.17. The molecule has 2 heteroatoms. The maximum atomic E-state index is 3.54. The van der Waals surface area contributed by atoms with Gasteiger partial charge in [-0.2, -0.15) is 0 Å². The van der Waals surface area contributed by atoms with Gasteiger partial charge < -0.3 is 5.32 Å². The van der Waals surface area contributed by atoms with Crippen molar-refractivity contribution in [2.45, 2.75) is 18.9 Å². The molecule has 1 aliphatic rings. The van der Waals surface area contributed by atoms with Crippen LogP contribution in [0.3, 0.4) is 0 Å². The summed E-state index contributed by atoms with van der Waals surface area (Å²) >= 11 is 3.50. The largest absolute Gasteiger partial charge is 0.310 e. The van der Waals surface area contributed by atoms with Gasteiger partial charge in [-0.3, -0.25) is 0 Å². The van der Waals surface area contributed by atoms with Gasteiger partial charge in [0.15, 0.2) is 0 Å². The van der Waals surface area contributed by atoms with Crippen molar-refractivity contribution in [2.75, 3.05) is 6.54 Å². The molecule has 1 aliphatic heterocycles. The molecule has 0 bridgehead atoms. The van der Waals surface area contributed by atoms with Gasteiger partial charge in [0.25, 0.3) is 0 Å². The maximum absolute atomic E-state index is 3.54. The van der Waals surface area contributed by atoms with Crippen LogP contribution in [0.15, 0.2) is 40.9 Å². The van der Waals surface area contributed by atoms with Gasteiger partial charge in [-0.1, -0.05) is 34.1 Å². The maximum Gasteiger partial charge on any atom is 0.0320 e. The lowest BCUT2D eigenvalue weighted by atomic mass is 10.0. The van der Waals surface area contributed by atoms with Crippen molar-refractivity contribution >= 4 is 26.7 Å². The Morgan fingerprint density at radius 2 is 1.88 bits per heavy atom. The molecular weight excluding hydrogens is 262 g/mol. The summed E-state index contributed by atoms with van der Waals surface area (Å²) in [6, 6.07) is 13.8. The van der Waals surface area contributed by atoms with E-state index in [1.165, 1.54) is 29.2 Å². The molecule has 3 rings (SSSR count). The Balaban J connectivity index is 2.05. The zero-order valence-electron chi connectivity index (χ0n) is 9.04. The third-order valence-corrected chi connectivity index (χ3v) is 3.78. The summed E-state index contributed by atoms with van der Waals surface area (Å²) in [7, 11) is 0. The van der Waals surface area contributed by atoms with Crippen molar-refractivity contribution in [3.63, 3.8) is 0 Å². The van der Waals surface area contributed by atoms with Crippen LogP contribution in [0.4, 0.5) is 0 Å². The van der Waals surface area contributed by atoms with Crippen molar-refractivity contribution in [3.8, 4) is 0 Å². The number of rotatable bonds is 1. The van der Waals surface area contributed by atoms with Crippen LogP contribution in [-0.4, -0.2) is 6.54 Å². The van der Waals surface area contributed by atoms with Crippen molar-refractivity contribution in [1.82, 2.24) is 5.32 Å². The van der Waals surface area contributed by atoms with Crippen molar-refractivity contribution in [3.05, 3.63) is 46.4 Å². The number of hydrogen-bond acceptors (Lipinski definition) is 1. The Bertz CT molecular complexity index is 515. The number of benzene rings is 2. The fourth-order valence-corrected chi connectivity index (χ4v) is 2.80. The molecule has 1 saturated heterocycles. The molecule has 1 fully saturated rings. The third kappa shape index (κ3) is 1.87. The first-order chi connectivity index (χ1) is 7.83. The highest BCUT2D eigenvalue weighted by Gasteiger charge is 2.15. The first kappa shape index (κ1) is 10.3. The fraction of sp³-hybridized carbons (Fsp3) is 0.286. The third-order valence-electron chi connectivity index (χ3n) is 3.29. The monoisotopic (exact) mass is 275 g/mol. The molecular formula is C14H14BrN. The highest BCUT2D eigenvalue weighted by molar-refractivity contribution is 9.10. The van der Waals surface area contributed by atoms with E-state index < -0.39 is 0 Å². The lowest BCUT2D eigenvalue weighted by Crippen LogP contribution is -2.12. The summed E-state index contributed by atoms with van der Waals surface area (Å²) < 4.78 is 1.15. The van der Waals surface area contributed by atoms with Gasteiger partial charge in [-0.05, 0) is 53.9 Å². The zero-order valence-corrected chi connectivity index (χ0v) is 10.6. The molecule has 82 valence electrons. The summed E-state index contributed by atoms with van der Waals surface area (Å²) in [6.45, 7) is 1.16. The van der Waals surface area contributed by atoms with Crippen LogP contribution in [0.25, 0.3) is 10.8 Å². The first-order valence-corrected chi connectivity index (χ1v) is 6.55. The Labute approximate surface area is 104 Å². The summed E-state index contributed by atoms with van der Waals surface area (Å²) in [4.78, 5) is 0. The Morgan fingerprint density at radius 3 is 2.69 bits per heavy atom. The molecule has 0 amide bonds. The van der Waals surface area contributed by atoms with E-state index in [0.29, 0.717) is 6.04 Å². The van der Waals surface area contributed by atoms with E-state index >= 15 is 0 Å². The minimum atomic E-state index is 0.563. The zero-order chi connectivity index (χ0) is 11.0. The average Bonchev–Trinajstić information content (AvgIpc) is 2.82. The molecule has 1 unspecified atom stereocenters. The minimum absolute atomic E-state index is 0.563. The molecule has 0 spiro atoms. The normalized spacial score (nSPS) is 20.4. The molecule has 0 radical (unpaired) electrons. The standard InChI is InChI=1S/C14H14BrN/c15-13-6-5-10-8-12(4-3-11(10)9-13)14-2-1-7-16-14/h3-6,8-9,14,16H,1-2,7H2. The Hall–Kier alpha value is -0.860. The number of hydrogen-bond donors (Lipinski definition) is 1. The lowest BCUT2D eigenvalue weighted by molar-refractivity contribution is 0.648. The molecule has 1 atom stereocenters. The van der Waals surface area contributed by atoms with Gasteiger partial charge in [-0.15, -0.1) is 0 Å². The van der Waals surface area contributed by atoms with Gasteiger partial charge in [0.1, 0.15) is 0 Å². The molecule has 0 saturated carbocycles. The topological polar surface area (TPSA) is 12.0 Å². The molecule has 1 nitrogen and oxygen atoms in total. The van der Waals surface area contributed by atoms with Crippen LogP contribution in [-0.2, 0) is 0 Å². The van der Waals surface area contributed by atoms with E-state index in [2.05, 4.69) is 57.6 Å². The second-order valence-electron chi connectivity index (χ2n) is 4.40. The molecule has 0 aromatic heterocycles. The first-order valence-electron chi connectivity index (χ1n) is 5.75. The van der Waals surface area contributed by atoms with Crippen LogP contribution < -0.4 is 5.32 Å². The van der Waals surface area contributed by atoms with Gasteiger partial charge in [0.05, 0.1) is 0 Å². The van der Waals surface area contributed by atoms with Gasteiger partial charge in [-0.25, -0.2) is 0 Å². The fourth-order valence-electron chi connectivity index (χ4n) is 2.42. The van der Waals surface area contributed by atoms with Gasteiger partial charge in [0.2, 0.25) is 0 Å². The summed E-state index contributed by atoms with van der Waals surface area (Å²) in [5.74, 6) is 0. The smallest absolute Gasteiger partial charge is 0.0320 e. The van der Waals surface area contributed by atoms with Crippen LogP contribution in [0.5, 0.6) is 0 Å². The van der Waals surface area contributed by atoms with Crippen LogP contribution in [0, 0.1) is 0 Å². The Morgan fingerprint density at radius 1 is 1.06 bits per heavy atom. The predicted octanol–water partition coefficient (Wildman–Crippen LogP) is 4.03. The average molecular weight is 276 g/mol. The summed E-state index contributed by atoms with van der Waals surface area (Å²) in [5.41, 5.74) is 1.42. The van der Waals surface area contributed by atoms with Gasteiger partial charge >= 0.3 is 0 Å². The highest BCUT2D eigenvalue weighted by atomic mass is 79.9. The summed E-state index contributed by atoms with van der Waals surface area (Å²) in [6.07, 6.45) is 2.56. The van der Waals surface area contributed by atoms with E-state index in [1.54, 1.807) is 0 Å². The van der Waals surface area contributed by atoms with Crippen molar-refractivity contribution in [1.29, 1.82) is 0 Å². The van der Waals surface area contributed by atoms with Crippen LogP contribution >= 0.6 is 15.9 Å². The second-order valence-corrected chi connectivity index (χ2v) is 5.32. The van der Waals surface area contributed by atoms with Crippen molar-refractivity contribution in [2.24, 2.45) is 0 Å². The SMILES string of the molecule is Brc1ccc2cc(C3CCCN3)ccc2c1. The Kier molecular flexibility index (Phi) is 2.70. The predicted molar refractivity (Wildman–Crippen MR) is 71.6 cm³/mol. The molecule has 2 aromatic rings. The van der Waals surface area contributed by atoms with E-state index in [4.69, 9.17) is 0 Å². The van der Waals surface area contributed by atoms with E-state index in [0.717, 1.165) is 11.0 Å². The molecule has 1 heterocycles. The number of fused-ring (bicyclic) bond motifs is 1. The minimum Gasteiger partial charge on any atom is -0.310 e. The number of nitrogens with one attached hydrogen (secondary N) is 1. The lowest BCUT2D eigenvalue weighted by Gasteiger charge is -2.11.